The summed E-state index contributed by atoms with van der Waals surface area (Å²) in [6.07, 6.45) is 1.78. The molecule has 120 valence electrons. The summed E-state index contributed by atoms with van der Waals surface area (Å²) >= 11 is 0. The van der Waals surface area contributed by atoms with E-state index in [-0.39, 0.29) is 36.8 Å². The van der Waals surface area contributed by atoms with E-state index in [9.17, 15) is 23.5 Å². The van der Waals surface area contributed by atoms with E-state index in [0.717, 1.165) is 25.0 Å². The predicted molar refractivity (Wildman–Crippen MR) is 76.3 cm³/mol. The molecule has 1 aliphatic rings. The molecule has 0 saturated heterocycles. The van der Waals surface area contributed by atoms with Crippen molar-refractivity contribution < 1.29 is 23.5 Å². The van der Waals surface area contributed by atoms with Crippen LogP contribution in [-0.4, -0.2) is 28.9 Å². The van der Waals surface area contributed by atoms with Gasteiger partial charge in [-0.25, -0.2) is 8.78 Å². The fourth-order valence-electron chi connectivity index (χ4n) is 2.41. The number of aliphatic hydroxyl groups is 1. The van der Waals surface area contributed by atoms with Crippen molar-refractivity contribution in [3.05, 3.63) is 35.4 Å². The minimum atomic E-state index is -1.09. The number of hydrogen-bond donors (Lipinski definition) is 2. The van der Waals surface area contributed by atoms with E-state index >= 15 is 0 Å². The van der Waals surface area contributed by atoms with Gasteiger partial charge in [-0.15, -0.1) is 0 Å². The van der Waals surface area contributed by atoms with Crippen LogP contribution in [0.15, 0.2) is 18.2 Å². The van der Waals surface area contributed by atoms with Crippen LogP contribution in [0.1, 0.15) is 43.0 Å². The zero-order valence-corrected chi connectivity index (χ0v) is 12.4. The number of amides is 1. The lowest BCUT2D eigenvalue weighted by Gasteiger charge is -2.28. The van der Waals surface area contributed by atoms with Gasteiger partial charge in [0.2, 0.25) is 5.91 Å². The second-order valence-electron chi connectivity index (χ2n) is 5.95. The highest BCUT2D eigenvalue weighted by Gasteiger charge is 2.42. The number of ketones is 1. The number of carbonyl (C=O) groups is 2. The number of halogens is 2. The molecule has 2 rings (SSSR count). The molecule has 0 radical (unpaired) electrons. The molecule has 1 aliphatic carbocycles. The Morgan fingerprint density at radius 2 is 1.95 bits per heavy atom. The zero-order chi connectivity index (χ0) is 16.3. The van der Waals surface area contributed by atoms with Crippen molar-refractivity contribution in [3.8, 4) is 0 Å². The molecule has 6 heteroatoms. The van der Waals surface area contributed by atoms with Crippen LogP contribution in [-0.2, 0) is 4.79 Å². The summed E-state index contributed by atoms with van der Waals surface area (Å²) in [5.41, 5.74) is -0.610. The first-order valence-corrected chi connectivity index (χ1v) is 7.26. The molecular formula is C16H19F2NO3. The van der Waals surface area contributed by atoms with Crippen molar-refractivity contribution in [1.29, 1.82) is 0 Å². The Morgan fingerprint density at radius 1 is 1.27 bits per heavy atom. The molecule has 1 fully saturated rings. The zero-order valence-electron chi connectivity index (χ0n) is 12.4. The molecule has 4 nitrogen and oxygen atoms in total. The standard InChI is InChI=1S/C16H19F2NO3/c1-16(9-20,11-3-4-11)19-15(22)7-6-14(21)10-2-5-12(17)13(18)8-10/h2,5,8,11,20H,3-4,6-7,9H2,1H3,(H,19,22). The monoisotopic (exact) mass is 311 g/mol. The molecule has 1 unspecified atom stereocenters. The van der Waals surface area contributed by atoms with Crippen LogP contribution in [0.2, 0.25) is 0 Å². The SMILES string of the molecule is CC(CO)(NC(=O)CCC(=O)c1ccc(F)c(F)c1)C1CC1. The van der Waals surface area contributed by atoms with Crippen molar-refractivity contribution >= 4 is 11.7 Å². The minimum absolute atomic E-state index is 0.0406. The highest BCUT2D eigenvalue weighted by atomic mass is 19.2. The Bertz CT molecular complexity index is 587. The molecule has 2 N–H and O–H groups in total. The van der Waals surface area contributed by atoms with Crippen LogP contribution in [0.25, 0.3) is 0 Å². The summed E-state index contributed by atoms with van der Waals surface area (Å²) in [6.45, 7) is 1.63. The molecule has 0 heterocycles. The first-order valence-electron chi connectivity index (χ1n) is 7.26. The highest BCUT2D eigenvalue weighted by molar-refractivity contribution is 5.98. The highest BCUT2D eigenvalue weighted by Crippen LogP contribution is 2.39. The lowest BCUT2D eigenvalue weighted by Crippen LogP contribution is -2.50. The number of carbonyl (C=O) groups excluding carboxylic acids is 2. The fraction of sp³-hybridized carbons (Fsp3) is 0.500. The van der Waals surface area contributed by atoms with Crippen molar-refractivity contribution in [2.45, 2.75) is 38.1 Å². The quantitative estimate of drug-likeness (QED) is 0.759. The van der Waals surface area contributed by atoms with Gasteiger partial charge in [-0.2, -0.15) is 0 Å². The third-order valence-electron chi connectivity index (χ3n) is 4.05. The molecule has 0 aliphatic heterocycles. The van der Waals surface area contributed by atoms with E-state index in [4.69, 9.17) is 0 Å². The van der Waals surface area contributed by atoms with Gasteiger partial charge >= 0.3 is 0 Å². The molecule has 0 bridgehead atoms. The van der Waals surface area contributed by atoms with Gasteiger partial charge in [0.05, 0.1) is 12.1 Å². The third-order valence-corrected chi connectivity index (χ3v) is 4.05. The van der Waals surface area contributed by atoms with Crippen molar-refractivity contribution in [2.24, 2.45) is 5.92 Å². The van der Waals surface area contributed by atoms with Crippen molar-refractivity contribution in [3.63, 3.8) is 0 Å². The van der Waals surface area contributed by atoms with Crippen LogP contribution in [0.4, 0.5) is 8.78 Å². The van der Waals surface area contributed by atoms with Gasteiger partial charge in [0.15, 0.2) is 17.4 Å². The second-order valence-corrected chi connectivity index (χ2v) is 5.95. The Kier molecular flexibility index (Phi) is 4.90. The van der Waals surface area contributed by atoms with E-state index in [1.54, 1.807) is 6.92 Å². The Hall–Kier alpha value is -1.82. The van der Waals surface area contributed by atoms with E-state index in [0.29, 0.717) is 0 Å². The Labute approximate surface area is 127 Å². The smallest absolute Gasteiger partial charge is 0.220 e. The number of aliphatic hydroxyl groups excluding tert-OH is 1. The van der Waals surface area contributed by atoms with Gasteiger partial charge < -0.3 is 10.4 Å². The summed E-state index contributed by atoms with van der Waals surface area (Å²) in [7, 11) is 0. The summed E-state index contributed by atoms with van der Waals surface area (Å²) in [4.78, 5) is 23.8. The summed E-state index contributed by atoms with van der Waals surface area (Å²) in [6, 6.07) is 2.91. The van der Waals surface area contributed by atoms with E-state index in [2.05, 4.69) is 5.32 Å². The van der Waals surface area contributed by atoms with Gasteiger partial charge in [-0.3, -0.25) is 9.59 Å². The number of nitrogens with one attached hydrogen (secondary N) is 1. The van der Waals surface area contributed by atoms with Gasteiger partial charge in [0.1, 0.15) is 0 Å². The van der Waals surface area contributed by atoms with Crippen LogP contribution in [0, 0.1) is 17.6 Å². The van der Waals surface area contributed by atoms with E-state index in [1.165, 1.54) is 6.07 Å². The number of rotatable bonds is 7. The van der Waals surface area contributed by atoms with Gasteiger partial charge in [0, 0.05) is 18.4 Å². The molecule has 22 heavy (non-hydrogen) atoms. The van der Waals surface area contributed by atoms with Gasteiger partial charge in [0.25, 0.3) is 0 Å². The molecular weight excluding hydrogens is 292 g/mol. The minimum Gasteiger partial charge on any atom is -0.394 e. The fourth-order valence-corrected chi connectivity index (χ4v) is 2.41. The largest absolute Gasteiger partial charge is 0.394 e. The summed E-state index contributed by atoms with van der Waals surface area (Å²) < 4.78 is 25.9. The topological polar surface area (TPSA) is 66.4 Å². The average molecular weight is 311 g/mol. The maximum Gasteiger partial charge on any atom is 0.220 e. The van der Waals surface area contributed by atoms with E-state index in [1.807, 2.05) is 0 Å². The number of benzene rings is 1. The number of Topliss-reactive ketones (excluding diaryl/α,β-unsaturated/α-hetero) is 1. The second kappa shape index (κ2) is 6.52. The lowest BCUT2D eigenvalue weighted by atomic mass is 9.96. The molecule has 1 aromatic rings. The predicted octanol–water partition coefficient (Wildman–Crippen LogP) is 2.20. The van der Waals surface area contributed by atoms with Crippen molar-refractivity contribution in [1.82, 2.24) is 5.32 Å². The number of hydrogen-bond acceptors (Lipinski definition) is 3. The van der Waals surface area contributed by atoms with E-state index < -0.39 is 23.0 Å². The van der Waals surface area contributed by atoms with Gasteiger partial charge in [-0.1, -0.05) is 0 Å². The maximum atomic E-state index is 13.1. The first-order chi connectivity index (χ1) is 10.4. The Balaban J connectivity index is 1.87. The third kappa shape index (κ3) is 3.88. The lowest BCUT2D eigenvalue weighted by molar-refractivity contribution is -0.123. The molecule has 0 spiro atoms. The van der Waals surface area contributed by atoms with Crippen LogP contribution < -0.4 is 5.32 Å². The van der Waals surface area contributed by atoms with Crippen LogP contribution >= 0.6 is 0 Å². The average Bonchev–Trinajstić information content (AvgIpc) is 3.32. The van der Waals surface area contributed by atoms with Crippen LogP contribution in [0.5, 0.6) is 0 Å². The maximum absolute atomic E-state index is 13.1. The van der Waals surface area contributed by atoms with Crippen LogP contribution in [0.3, 0.4) is 0 Å². The van der Waals surface area contributed by atoms with Crippen molar-refractivity contribution in [2.75, 3.05) is 6.61 Å². The van der Waals surface area contributed by atoms with Gasteiger partial charge in [-0.05, 0) is 43.9 Å². The Morgan fingerprint density at radius 3 is 2.50 bits per heavy atom. The molecule has 1 aromatic carbocycles. The first kappa shape index (κ1) is 16.5. The molecule has 1 amide bonds. The summed E-state index contributed by atoms with van der Waals surface area (Å²) in [5, 5.41) is 12.2. The summed E-state index contributed by atoms with van der Waals surface area (Å²) in [5.74, 6) is -2.59. The normalized spacial score (nSPS) is 16.9. The molecule has 1 saturated carbocycles. The molecule has 0 aromatic heterocycles. The molecule has 1 atom stereocenters.